The predicted octanol–water partition coefficient (Wildman–Crippen LogP) is 5.06. The molecule has 2 rings (SSSR count). The summed E-state index contributed by atoms with van der Waals surface area (Å²) in [5.41, 5.74) is -0.706. The zero-order valence-electron chi connectivity index (χ0n) is 10.1. The van der Waals surface area contributed by atoms with Crippen molar-refractivity contribution in [3.63, 3.8) is 0 Å². The number of ketones is 1. The van der Waals surface area contributed by atoms with Crippen LogP contribution < -0.4 is 0 Å². The average Bonchev–Trinajstić information content (AvgIpc) is 2.32. The fourth-order valence-corrected chi connectivity index (χ4v) is 2.36. The van der Waals surface area contributed by atoms with E-state index in [0.29, 0.717) is 0 Å². The van der Waals surface area contributed by atoms with E-state index in [-0.39, 0.29) is 20.6 Å². The van der Waals surface area contributed by atoms with Crippen molar-refractivity contribution in [3.8, 4) is 0 Å². The molecule has 0 aliphatic heterocycles. The molecule has 0 bridgehead atoms. The molecule has 0 aliphatic rings. The molecule has 0 N–H and O–H groups in total. The first-order valence-electron chi connectivity index (χ1n) is 5.46. The lowest BCUT2D eigenvalue weighted by molar-refractivity contribution is 0.103. The summed E-state index contributed by atoms with van der Waals surface area (Å²) < 4.78 is 41.0. The monoisotopic (exact) mass is 362 g/mol. The largest absolute Gasteiger partial charge is 0.288 e. The summed E-state index contributed by atoms with van der Waals surface area (Å²) in [5, 5.41) is -0.195. The number of aryl methyl sites for hydroxylation is 1. The highest BCUT2D eigenvalue weighted by Crippen LogP contribution is 2.27. The highest BCUT2D eigenvalue weighted by molar-refractivity contribution is 9.10. The Morgan fingerprint density at radius 3 is 2.15 bits per heavy atom. The van der Waals surface area contributed by atoms with Crippen molar-refractivity contribution in [1.29, 1.82) is 0 Å². The van der Waals surface area contributed by atoms with Gasteiger partial charge in [-0.2, -0.15) is 0 Å². The number of carbonyl (C=O) groups excluding carboxylic acids is 1. The molecule has 0 atom stereocenters. The summed E-state index contributed by atoms with van der Waals surface area (Å²) in [6.07, 6.45) is 0. The number of benzene rings is 2. The zero-order valence-corrected chi connectivity index (χ0v) is 12.4. The predicted molar refractivity (Wildman–Crippen MR) is 73.6 cm³/mol. The molecule has 0 heterocycles. The molecule has 0 saturated carbocycles. The van der Waals surface area contributed by atoms with Crippen molar-refractivity contribution in [3.05, 3.63) is 67.9 Å². The number of carbonyl (C=O) groups is 1. The van der Waals surface area contributed by atoms with E-state index in [4.69, 9.17) is 11.6 Å². The zero-order chi connectivity index (χ0) is 15.0. The van der Waals surface area contributed by atoms with Crippen LogP contribution in [0.15, 0.2) is 28.7 Å². The summed E-state index contributed by atoms with van der Waals surface area (Å²) in [6, 6.07) is 4.06. The van der Waals surface area contributed by atoms with Crippen LogP contribution in [-0.2, 0) is 0 Å². The van der Waals surface area contributed by atoms with E-state index < -0.39 is 28.8 Å². The molecule has 0 spiro atoms. The highest BCUT2D eigenvalue weighted by atomic mass is 79.9. The molecular formula is C14H7BrClF3O. The second kappa shape index (κ2) is 5.58. The van der Waals surface area contributed by atoms with Crippen LogP contribution in [0.3, 0.4) is 0 Å². The van der Waals surface area contributed by atoms with E-state index in [0.717, 1.165) is 18.2 Å². The molecule has 6 heteroatoms. The lowest BCUT2D eigenvalue weighted by Gasteiger charge is -2.08. The Morgan fingerprint density at radius 2 is 1.60 bits per heavy atom. The standard InChI is InChI=1S/C14H7BrClF3O/c1-6-2-8(9(16)5-10(6)17)14(20)13-11(18)3-7(15)4-12(13)19/h2-5H,1H3. The van der Waals surface area contributed by atoms with Crippen LogP contribution in [0.4, 0.5) is 13.2 Å². The molecule has 1 nitrogen and oxygen atoms in total. The highest BCUT2D eigenvalue weighted by Gasteiger charge is 2.22. The van der Waals surface area contributed by atoms with Crippen LogP contribution in [0.25, 0.3) is 0 Å². The summed E-state index contributed by atoms with van der Waals surface area (Å²) in [5.74, 6) is -3.55. The third kappa shape index (κ3) is 2.74. The number of hydrogen-bond donors (Lipinski definition) is 0. The number of halogens is 5. The normalized spacial score (nSPS) is 10.7. The van der Waals surface area contributed by atoms with Crippen molar-refractivity contribution in [2.75, 3.05) is 0 Å². The molecule has 0 aromatic heterocycles. The van der Waals surface area contributed by atoms with E-state index in [1.165, 1.54) is 13.0 Å². The third-order valence-corrected chi connectivity index (χ3v) is 3.50. The van der Waals surface area contributed by atoms with E-state index in [1.54, 1.807) is 0 Å². The van der Waals surface area contributed by atoms with Crippen molar-refractivity contribution in [2.45, 2.75) is 6.92 Å². The topological polar surface area (TPSA) is 17.1 Å². The maximum atomic E-state index is 13.8. The van der Waals surface area contributed by atoms with E-state index in [9.17, 15) is 18.0 Å². The smallest absolute Gasteiger partial charge is 0.200 e. The van der Waals surface area contributed by atoms with Gasteiger partial charge >= 0.3 is 0 Å². The van der Waals surface area contributed by atoms with Crippen LogP contribution in [0.2, 0.25) is 5.02 Å². The number of hydrogen-bond acceptors (Lipinski definition) is 1. The Morgan fingerprint density at radius 1 is 1.05 bits per heavy atom. The fraction of sp³-hybridized carbons (Fsp3) is 0.0714. The molecule has 0 unspecified atom stereocenters. The summed E-state index contributed by atoms with van der Waals surface area (Å²) in [6.45, 7) is 1.43. The minimum absolute atomic E-state index is 0.148. The Balaban J connectivity index is 2.61. The summed E-state index contributed by atoms with van der Waals surface area (Å²) in [7, 11) is 0. The van der Waals surface area contributed by atoms with Crippen molar-refractivity contribution in [1.82, 2.24) is 0 Å². The first-order chi connectivity index (χ1) is 9.31. The molecule has 0 amide bonds. The van der Waals surface area contributed by atoms with Gasteiger partial charge in [-0.25, -0.2) is 13.2 Å². The first kappa shape index (κ1) is 15.1. The maximum absolute atomic E-state index is 13.8. The van der Waals surface area contributed by atoms with Gasteiger partial charge in [0.15, 0.2) is 5.78 Å². The van der Waals surface area contributed by atoms with Gasteiger partial charge in [0.1, 0.15) is 17.5 Å². The summed E-state index contributed by atoms with van der Waals surface area (Å²) >= 11 is 8.69. The van der Waals surface area contributed by atoms with Crippen LogP contribution >= 0.6 is 27.5 Å². The van der Waals surface area contributed by atoms with Gasteiger partial charge in [0.2, 0.25) is 0 Å². The fourth-order valence-electron chi connectivity index (χ4n) is 1.73. The Labute approximate surface area is 126 Å². The molecule has 0 saturated heterocycles. The van der Waals surface area contributed by atoms with Crippen molar-refractivity contribution >= 4 is 33.3 Å². The van der Waals surface area contributed by atoms with Crippen molar-refractivity contribution < 1.29 is 18.0 Å². The van der Waals surface area contributed by atoms with E-state index >= 15 is 0 Å². The maximum Gasteiger partial charge on any atom is 0.200 e. The summed E-state index contributed by atoms with van der Waals surface area (Å²) in [4.78, 5) is 12.2. The molecule has 0 fully saturated rings. The minimum atomic E-state index is -1.01. The Hall–Kier alpha value is -1.33. The molecule has 104 valence electrons. The number of rotatable bonds is 2. The second-order valence-electron chi connectivity index (χ2n) is 4.15. The lowest BCUT2D eigenvalue weighted by atomic mass is 10.0. The second-order valence-corrected chi connectivity index (χ2v) is 5.48. The Bertz CT molecular complexity index is 693. The molecule has 2 aromatic carbocycles. The molecule has 20 heavy (non-hydrogen) atoms. The first-order valence-corrected chi connectivity index (χ1v) is 6.63. The van der Waals surface area contributed by atoms with Gasteiger partial charge in [0, 0.05) is 10.0 Å². The quantitative estimate of drug-likeness (QED) is 0.682. The van der Waals surface area contributed by atoms with Gasteiger partial charge in [0.25, 0.3) is 0 Å². The Kier molecular flexibility index (Phi) is 4.20. The molecular weight excluding hydrogens is 357 g/mol. The molecule has 2 aromatic rings. The van der Waals surface area contributed by atoms with Gasteiger partial charge < -0.3 is 0 Å². The van der Waals surface area contributed by atoms with Crippen LogP contribution in [-0.4, -0.2) is 5.78 Å². The van der Waals surface area contributed by atoms with Crippen LogP contribution in [0, 0.1) is 24.4 Å². The van der Waals surface area contributed by atoms with Crippen LogP contribution in [0.1, 0.15) is 21.5 Å². The van der Waals surface area contributed by atoms with Gasteiger partial charge in [0.05, 0.1) is 10.6 Å². The van der Waals surface area contributed by atoms with E-state index in [1.807, 2.05) is 0 Å². The van der Waals surface area contributed by atoms with Crippen molar-refractivity contribution in [2.24, 2.45) is 0 Å². The van der Waals surface area contributed by atoms with Gasteiger partial charge in [-0.3, -0.25) is 4.79 Å². The molecule has 0 aliphatic carbocycles. The average molecular weight is 364 g/mol. The third-order valence-electron chi connectivity index (χ3n) is 2.73. The van der Waals surface area contributed by atoms with Gasteiger partial charge in [-0.15, -0.1) is 0 Å². The lowest BCUT2D eigenvalue weighted by Crippen LogP contribution is -2.09. The SMILES string of the molecule is Cc1cc(C(=O)c2c(F)cc(Br)cc2F)c(Cl)cc1F. The van der Waals surface area contributed by atoms with Crippen LogP contribution in [0.5, 0.6) is 0 Å². The minimum Gasteiger partial charge on any atom is -0.288 e. The van der Waals surface area contributed by atoms with E-state index in [2.05, 4.69) is 15.9 Å². The molecule has 0 radical (unpaired) electrons. The van der Waals surface area contributed by atoms with Gasteiger partial charge in [-0.1, -0.05) is 27.5 Å². The van der Waals surface area contributed by atoms with Gasteiger partial charge in [-0.05, 0) is 36.8 Å².